The van der Waals surface area contributed by atoms with Crippen molar-refractivity contribution < 1.29 is 7.58 Å². The minimum Gasteiger partial charge on any atom is -0.611 e. The van der Waals surface area contributed by atoms with E-state index in [-0.39, 0.29) is 0 Å². The maximum absolute atomic E-state index is 7.42. The monoisotopic (exact) mass is 598 g/mol. The van der Waals surface area contributed by atoms with Crippen LogP contribution in [0, 0.1) is 13.8 Å². The fourth-order valence-electron chi connectivity index (χ4n) is 9.25. The normalized spacial score (nSPS) is 21.6. The molecule has 4 aliphatic rings. The van der Waals surface area contributed by atoms with Gasteiger partial charge in [0.15, 0.2) is 0 Å². The fraction of sp³-hybridized carbons (Fsp3) is 0.700. The first-order chi connectivity index (χ1) is 21.1. The van der Waals surface area contributed by atoms with Crippen LogP contribution in [0.25, 0.3) is 0 Å². The van der Waals surface area contributed by atoms with Gasteiger partial charge in [-0.1, -0.05) is 119 Å². The van der Waals surface area contributed by atoms with E-state index in [1.165, 1.54) is 173 Å². The van der Waals surface area contributed by atoms with E-state index in [4.69, 9.17) is 7.58 Å². The lowest BCUT2D eigenvalue weighted by molar-refractivity contribution is 0.372. The first-order valence-corrected chi connectivity index (χ1v) is 20.5. The summed E-state index contributed by atoms with van der Waals surface area (Å²) in [4.78, 5) is 0. The average Bonchev–Trinajstić information content (AvgIpc) is 3.07. The minimum absolute atomic E-state index is 0.646. The van der Waals surface area contributed by atoms with Crippen LogP contribution < -0.4 is 7.58 Å². The Labute approximate surface area is 268 Å². The molecular weight excluding hydrogens is 539 g/mol. The summed E-state index contributed by atoms with van der Waals surface area (Å²) < 4.78 is 14.8. The van der Waals surface area contributed by atoms with Crippen molar-refractivity contribution in [1.29, 1.82) is 0 Å². The third-order valence-corrected chi connectivity index (χ3v) is 13.3. The van der Waals surface area contributed by atoms with Crippen molar-refractivity contribution in [2.45, 2.75) is 178 Å². The van der Waals surface area contributed by atoms with Crippen LogP contribution in [0.2, 0.25) is 5.28 Å². The molecular formula is C40H59AlO2. The second-order valence-electron chi connectivity index (χ2n) is 15.0. The number of hydrogen-bond acceptors (Lipinski definition) is 2. The summed E-state index contributed by atoms with van der Waals surface area (Å²) in [6.45, 7) is 6.99. The van der Waals surface area contributed by atoms with E-state index in [1.54, 1.807) is 0 Å². The van der Waals surface area contributed by atoms with Crippen molar-refractivity contribution in [3.05, 3.63) is 57.6 Å². The zero-order chi connectivity index (χ0) is 29.6. The van der Waals surface area contributed by atoms with Gasteiger partial charge in [0.1, 0.15) is 0 Å². The molecule has 0 spiro atoms. The van der Waals surface area contributed by atoms with Crippen molar-refractivity contribution in [3.63, 3.8) is 0 Å². The lowest BCUT2D eigenvalue weighted by atomic mass is 9.78. The molecule has 4 fully saturated rings. The van der Waals surface area contributed by atoms with Gasteiger partial charge in [-0.25, -0.2) is 0 Å². The van der Waals surface area contributed by atoms with Gasteiger partial charge in [-0.3, -0.25) is 0 Å². The summed E-state index contributed by atoms with van der Waals surface area (Å²) in [7, 11) is 0. The third kappa shape index (κ3) is 7.69. The molecule has 2 nitrogen and oxygen atoms in total. The Morgan fingerprint density at radius 2 is 0.721 bits per heavy atom. The van der Waals surface area contributed by atoms with Crippen LogP contribution in [0.5, 0.6) is 11.5 Å². The van der Waals surface area contributed by atoms with Crippen LogP contribution in [-0.2, 0) is 0 Å². The minimum atomic E-state index is -2.03. The fourth-order valence-corrected chi connectivity index (χ4v) is 10.7. The summed E-state index contributed by atoms with van der Waals surface area (Å²) in [6.07, 6.45) is 27.0. The zero-order valence-corrected chi connectivity index (χ0v) is 29.0. The van der Waals surface area contributed by atoms with Crippen LogP contribution >= 0.6 is 0 Å². The molecule has 0 atom stereocenters. The topological polar surface area (TPSA) is 18.5 Å². The Kier molecular flexibility index (Phi) is 11.2. The summed E-state index contributed by atoms with van der Waals surface area (Å²) in [5.74, 6) is 5.13. The molecule has 0 bridgehead atoms. The van der Waals surface area contributed by atoms with E-state index in [9.17, 15) is 0 Å². The maximum atomic E-state index is 7.42. The molecule has 2 aromatic carbocycles. The van der Waals surface area contributed by atoms with Crippen molar-refractivity contribution >= 4 is 14.8 Å². The molecule has 43 heavy (non-hydrogen) atoms. The largest absolute Gasteiger partial charge is 0.856 e. The molecule has 0 amide bonds. The van der Waals surface area contributed by atoms with Crippen LogP contribution in [0.15, 0.2) is 24.3 Å². The molecule has 0 saturated heterocycles. The number of hydrogen-bond donors (Lipinski definition) is 0. The lowest BCUT2D eigenvalue weighted by Crippen LogP contribution is -2.32. The number of aryl methyl sites for hydroxylation is 2. The predicted octanol–water partition coefficient (Wildman–Crippen LogP) is 12.5. The highest BCUT2D eigenvalue weighted by atomic mass is 27.2. The summed E-state index contributed by atoms with van der Waals surface area (Å²) in [5.41, 5.74) is 8.97. The van der Waals surface area contributed by atoms with E-state index in [0.29, 0.717) is 23.7 Å². The van der Waals surface area contributed by atoms with Crippen molar-refractivity contribution in [1.82, 2.24) is 0 Å². The van der Waals surface area contributed by atoms with Gasteiger partial charge in [-0.2, -0.15) is 0 Å². The van der Waals surface area contributed by atoms with Crippen molar-refractivity contribution in [2.24, 2.45) is 0 Å². The van der Waals surface area contributed by atoms with Gasteiger partial charge in [-0.05, 0) is 116 Å². The highest BCUT2D eigenvalue weighted by Crippen LogP contribution is 2.48. The Morgan fingerprint density at radius 1 is 0.465 bits per heavy atom. The second kappa shape index (κ2) is 15.2. The molecule has 234 valence electrons. The molecule has 0 unspecified atom stereocenters. The van der Waals surface area contributed by atoms with Gasteiger partial charge in [0.05, 0.1) is 11.5 Å². The molecule has 0 radical (unpaired) electrons. The van der Waals surface area contributed by atoms with Crippen LogP contribution in [0.4, 0.5) is 0 Å². The van der Waals surface area contributed by atoms with Gasteiger partial charge < -0.3 is 7.58 Å². The zero-order valence-electron chi connectivity index (χ0n) is 27.9. The van der Waals surface area contributed by atoms with Gasteiger partial charge in [0, 0.05) is 0 Å². The molecule has 0 heterocycles. The molecule has 3 heteroatoms. The summed E-state index contributed by atoms with van der Waals surface area (Å²) >= 11 is -2.03. The van der Waals surface area contributed by atoms with E-state index in [2.05, 4.69) is 45.0 Å². The quantitative estimate of drug-likeness (QED) is 0.267. The Hall–Kier alpha value is -1.43. The Bertz CT molecular complexity index is 1010. The molecule has 0 aliphatic heterocycles. The highest BCUT2D eigenvalue weighted by molar-refractivity contribution is 6.46. The van der Waals surface area contributed by atoms with E-state index >= 15 is 0 Å². The summed E-state index contributed by atoms with van der Waals surface area (Å²) in [5, 5.41) is 1.00. The molecule has 4 saturated carbocycles. The molecule has 0 N–H and O–H groups in total. The highest BCUT2D eigenvalue weighted by Gasteiger charge is 2.37. The first-order valence-electron chi connectivity index (χ1n) is 18.7. The van der Waals surface area contributed by atoms with E-state index in [0.717, 1.165) is 5.28 Å². The Morgan fingerprint density at radius 3 is 0.953 bits per heavy atom. The molecule has 2 aromatic rings. The average molecular weight is 599 g/mol. The van der Waals surface area contributed by atoms with Gasteiger partial charge in [-0.15, -0.1) is 0 Å². The van der Waals surface area contributed by atoms with E-state index < -0.39 is 14.8 Å². The van der Waals surface area contributed by atoms with Crippen LogP contribution in [-0.4, -0.2) is 14.8 Å². The molecule has 6 rings (SSSR count). The molecule has 4 aliphatic carbocycles. The third-order valence-electron chi connectivity index (χ3n) is 11.6. The molecule has 0 aromatic heterocycles. The Balaban J connectivity index is 1.38. The maximum Gasteiger partial charge on any atom is 0.856 e. The van der Waals surface area contributed by atoms with Crippen molar-refractivity contribution in [3.8, 4) is 11.5 Å². The van der Waals surface area contributed by atoms with E-state index in [1.807, 2.05) is 0 Å². The van der Waals surface area contributed by atoms with Gasteiger partial charge in [0.25, 0.3) is 0 Å². The van der Waals surface area contributed by atoms with Crippen LogP contribution in [0.1, 0.15) is 192 Å². The summed E-state index contributed by atoms with van der Waals surface area (Å²) in [6, 6.07) is 10.0. The SMILES string of the molecule is C[CH2][Al]([O]c1c(C2CCCCC2)cc(C)cc1C1CCCCC1)[O]c1c(C2CCCCC2)cc(C)cc1C1CCCCC1. The van der Waals surface area contributed by atoms with Gasteiger partial charge in [0.2, 0.25) is 0 Å². The van der Waals surface area contributed by atoms with Crippen LogP contribution in [0.3, 0.4) is 0 Å². The number of rotatable bonds is 9. The lowest BCUT2D eigenvalue weighted by Gasteiger charge is -2.33. The standard InChI is InChI=1S/2C19H28O.C2H5.Al/c2*1-14-12-17(15-8-4-2-5-9-15)19(20)18(13-14)16-10-6-3-7-11-16;1-2;/h2*12-13,15-16,20H,2-11H2,1H3;1H2,2H3;/q;;;+2/p-2. The smallest absolute Gasteiger partial charge is 0.611 e. The van der Waals surface area contributed by atoms with Crippen molar-refractivity contribution in [2.75, 3.05) is 0 Å². The predicted molar refractivity (Wildman–Crippen MR) is 183 cm³/mol. The van der Waals surface area contributed by atoms with Gasteiger partial charge >= 0.3 is 14.8 Å². The second-order valence-corrected chi connectivity index (χ2v) is 17.1. The number of benzene rings is 2. The first kappa shape index (κ1) is 31.6.